The molecule has 4 nitrogen and oxygen atoms in total. The highest BCUT2D eigenvalue weighted by Crippen LogP contribution is 2.20. The number of alkyl halides is 1. The minimum absolute atomic E-state index is 0.229. The average molecular weight is 258 g/mol. The standard InChI is InChI=1S/C9H8BrNO3/c1-6(13)14-9-3-2-7(4-11-9)8(10)5-12/h2-5,8H,1H3. The summed E-state index contributed by atoms with van der Waals surface area (Å²) >= 11 is 3.14. The number of aromatic nitrogens is 1. The van der Waals surface area contributed by atoms with E-state index >= 15 is 0 Å². The van der Waals surface area contributed by atoms with E-state index in [1.54, 1.807) is 6.07 Å². The van der Waals surface area contributed by atoms with Crippen molar-refractivity contribution in [3.8, 4) is 5.88 Å². The van der Waals surface area contributed by atoms with E-state index in [0.717, 1.165) is 11.8 Å². The van der Waals surface area contributed by atoms with Gasteiger partial charge in [-0.3, -0.25) is 4.79 Å². The first kappa shape index (κ1) is 10.8. The van der Waals surface area contributed by atoms with Crippen LogP contribution in [-0.2, 0) is 9.59 Å². The number of hydrogen-bond donors (Lipinski definition) is 0. The molecule has 1 heterocycles. The van der Waals surface area contributed by atoms with E-state index in [4.69, 9.17) is 4.74 Å². The van der Waals surface area contributed by atoms with Crippen molar-refractivity contribution in [2.45, 2.75) is 11.8 Å². The van der Waals surface area contributed by atoms with Crippen molar-refractivity contribution in [1.82, 2.24) is 4.98 Å². The second kappa shape index (κ2) is 4.85. The van der Waals surface area contributed by atoms with Crippen molar-refractivity contribution < 1.29 is 14.3 Å². The highest BCUT2D eigenvalue weighted by atomic mass is 79.9. The van der Waals surface area contributed by atoms with E-state index in [1.807, 2.05) is 0 Å². The van der Waals surface area contributed by atoms with Crippen LogP contribution in [0.15, 0.2) is 18.3 Å². The number of nitrogens with zero attached hydrogens (tertiary/aromatic N) is 1. The Hall–Kier alpha value is -1.23. The molecule has 0 aliphatic heterocycles. The summed E-state index contributed by atoms with van der Waals surface area (Å²) in [5.41, 5.74) is 0.718. The van der Waals surface area contributed by atoms with Crippen LogP contribution in [0.2, 0.25) is 0 Å². The fourth-order valence-electron chi connectivity index (χ4n) is 0.841. The number of carbonyl (C=O) groups excluding carboxylic acids is 2. The summed E-state index contributed by atoms with van der Waals surface area (Å²) in [6, 6.07) is 3.20. The van der Waals surface area contributed by atoms with Gasteiger partial charge in [-0.05, 0) is 5.56 Å². The Kier molecular flexibility index (Phi) is 3.76. The molecule has 0 aromatic carbocycles. The molecular weight excluding hydrogens is 250 g/mol. The molecular formula is C9H8BrNO3. The molecule has 0 amide bonds. The van der Waals surface area contributed by atoms with Crippen LogP contribution in [-0.4, -0.2) is 17.2 Å². The molecule has 0 bridgehead atoms. The molecule has 1 aromatic rings. The van der Waals surface area contributed by atoms with Crippen molar-refractivity contribution in [3.05, 3.63) is 23.9 Å². The Morgan fingerprint density at radius 2 is 2.36 bits per heavy atom. The largest absolute Gasteiger partial charge is 0.408 e. The number of ether oxygens (including phenoxy) is 1. The summed E-state index contributed by atoms with van der Waals surface area (Å²) in [6.07, 6.45) is 2.23. The van der Waals surface area contributed by atoms with Crippen LogP contribution in [0.5, 0.6) is 5.88 Å². The number of aldehydes is 1. The molecule has 0 aliphatic rings. The van der Waals surface area contributed by atoms with E-state index in [2.05, 4.69) is 20.9 Å². The van der Waals surface area contributed by atoms with Crippen LogP contribution in [0.25, 0.3) is 0 Å². The van der Waals surface area contributed by atoms with E-state index in [1.165, 1.54) is 19.2 Å². The molecule has 0 N–H and O–H groups in total. The first-order chi connectivity index (χ1) is 6.63. The zero-order valence-electron chi connectivity index (χ0n) is 7.44. The van der Waals surface area contributed by atoms with Crippen LogP contribution in [0.1, 0.15) is 17.3 Å². The predicted molar refractivity (Wildman–Crippen MR) is 53.3 cm³/mol. The summed E-state index contributed by atoms with van der Waals surface area (Å²) < 4.78 is 4.73. The van der Waals surface area contributed by atoms with Crippen LogP contribution in [0.3, 0.4) is 0 Å². The van der Waals surface area contributed by atoms with Gasteiger partial charge in [0, 0.05) is 19.2 Å². The summed E-state index contributed by atoms with van der Waals surface area (Å²) in [4.78, 5) is 24.5. The third kappa shape index (κ3) is 2.92. The maximum Gasteiger partial charge on any atom is 0.309 e. The second-order valence-corrected chi connectivity index (χ2v) is 3.55. The van der Waals surface area contributed by atoms with Crippen LogP contribution in [0.4, 0.5) is 0 Å². The molecule has 0 saturated carbocycles. The second-order valence-electron chi connectivity index (χ2n) is 2.56. The molecule has 74 valence electrons. The molecule has 0 radical (unpaired) electrons. The van der Waals surface area contributed by atoms with Crippen molar-refractivity contribution in [2.75, 3.05) is 0 Å². The number of rotatable bonds is 3. The van der Waals surface area contributed by atoms with Crippen molar-refractivity contribution in [2.24, 2.45) is 0 Å². The lowest BCUT2D eigenvalue weighted by molar-refractivity contribution is -0.132. The smallest absolute Gasteiger partial charge is 0.309 e. The van der Waals surface area contributed by atoms with Gasteiger partial charge in [-0.25, -0.2) is 4.98 Å². The number of halogens is 1. The molecule has 1 aromatic heterocycles. The van der Waals surface area contributed by atoms with Crippen molar-refractivity contribution in [3.63, 3.8) is 0 Å². The van der Waals surface area contributed by atoms with Crippen molar-refractivity contribution in [1.29, 1.82) is 0 Å². The lowest BCUT2D eigenvalue weighted by Crippen LogP contribution is -2.03. The topological polar surface area (TPSA) is 56.3 Å². The normalized spacial score (nSPS) is 11.9. The van der Waals surface area contributed by atoms with Crippen molar-refractivity contribution >= 4 is 28.2 Å². The number of carbonyl (C=O) groups is 2. The van der Waals surface area contributed by atoms with Gasteiger partial charge in [0.15, 0.2) is 0 Å². The third-order valence-corrected chi connectivity index (χ3v) is 2.19. The molecule has 1 rings (SSSR count). The molecule has 14 heavy (non-hydrogen) atoms. The Morgan fingerprint density at radius 3 is 2.79 bits per heavy atom. The van der Waals surface area contributed by atoms with Crippen LogP contribution in [0, 0.1) is 0 Å². The molecule has 1 unspecified atom stereocenters. The van der Waals surface area contributed by atoms with Crippen LogP contribution >= 0.6 is 15.9 Å². The summed E-state index contributed by atoms with van der Waals surface area (Å²) in [5, 5.41) is 0. The van der Waals surface area contributed by atoms with Gasteiger partial charge in [0.2, 0.25) is 5.88 Å². The highest BCUT2D eigenvalue weighted by molar-refractivity contribution is 9.09. The Bertz CT molecular complexity index is 336. The van der Waals surface area contributed by atoms with Gasteiger partial charge in [0.05, 0.1) is 4.83 Å². The summed E-state index contributed by atoms with van der Waals surface area (Å²) in [5.74, 6) is -0.192. The van der Waals surface area contributed by atoms with Gasteiger partial charge in [0.25, 0.3) is 0 Å². The zero-order chi connectivity index (χ0) is 10.6. The number of esters is 1. The van der Waals surface area contributed by atoms with E-state index < -0.39 is 5.97 Å². The lowest BCUT2D eigenvalue weighted by Gasteiger charge is -2.03. The fourth-order valence-corrected chi connectivity index (χ4v) is 1.11. The minimum Gasteiger partial charge on any atom is -0.408 e. The molecule has 1 atom stereocenters. The van der Waals surface area contributed by atoms with Crippen LogP contribution < -0.4 is 4.74 Å². The summed E-state index contributed by atoms with van der Waals surface area (Å²) in [6.45, 7) is 1.30. The SMILES string of the molecule is CC(=O)Oc1ccc(C(Br)C=O)cn1. The van der Waals surface area contributed by atoms with Gasteiger partial charge in [-0.15, -0.1) is 0 Å². The van der Waals surface area contributed by atoms with Gasteiger partial charge >= 0.3 is 5.97 Å². The quantitative estimate of drug-likeness (QED) is 0.470. The molecule has 5 heteroatoms. The predicted octanol–water partition coefficient (Wildman–Crippen LogP) is 1.64. The first-order valence-electron chi connectivity index (χ1n) is 3.87. The molecule has 0 fully saturated rings. The maximum atomic E-state index is 10.6. The minimum atomic E-state index is -0.420. The van der Waals surface area contributed by atoms with Gasteiger partial charge in [0.1, 0.15) is 6.29 Å². The first-order valence-corrected chi connectivity index (χ1v) is 4.79. The number of hydrogen-bond acceptors (Lipinski definition) is 4. The van der Waals surface area contributed by atoms with Gasteiger partial charge in [-0.2, -0.15) is 0 Å². The van der Waals surface area contributed by atoms with E-state index in [-0.39, 0.29) is 10.7 Å². The molecule has 0 aliphatic carbocycles. The Morgan fingerprint density at radius 1 is 1.64 bits per heavy atom. The Balaban J connectivity index is 2.78. The van der Waals surface area contributed by atoms with Gasteiger partial charge < -0.3 is 9.53 Å². The number of pyridine rings is 1. The monoisotopic (exact) mass is 257 g/mol. The third-order valence-electron chi connectivity index (χ3n) is 1.45. The van der Waals surface area contributed by atoms with Gasteiger partial charge in [-0.1, -0.05) is 22.0 Å². The summed E-state index contributed by atoms with van der Waals surface area (Å²) in [7, 11) is 0. The average Bonchev–Trinajstić information content (AvgIpc) is 2.17. The van der Waals surface area contributed by atoms with E-state index in [0.29, 0.717) is 0 Å². The zero-order valence-corrected chi connectivity index (χ0v) is 9.02. The molecule has 0 spiro atoms. The lowest BCUT2D eigenvalue weighted by atomic mass is 10.2. The maximum absolute atomic E-state index is 10.6. The fraction of sp³-hybridized carbons (Fsp3) is 0.222. The highest BCUT2D eigenvalue weighted by Gasteiger charge is 2.06. The van der Waals surface area contributed by atoms with E-state index in [9.17, 15) is 9.59 Å². The Labute approximate surface area is 89.4 Å². The molecule has 0 saturated heterocycles.